The lowest BCUT2D eigenvalue weighted by Crippen LogP contribution is -2.48. The Hall–Kier alpha value is -5.44. The molecule has 2 atom stereocenters. The van der Waals surface area contributed by atoms with Crippen LogP contribution >= 0.6 is 11.7 Å². The van der Waals surface area contributed by atoms with E-state index in [0.29, 0.717) is 39.4 Å². The molecular formula is C35H36FN3O10S. The maximum atomic E-state index is 15.4. The largest absolute Gasteiger partial charge is 0.494 e. The predicted octanol–water partition coefficient (Wildman–Crippen LogP) is 5.58. The first-order valence-corrected chi connectivity index (χ1v) is 16.2. The topological polar surface area (TPSA) is 154 Å². The molecule has 1 aliphatic rings. The van der Waals surface area contributed by atoms with Crippen LogP contribution < -0.4 is 24.3 Å². The first-order chi connectivity index (χ1) is 24.0. The molecule has 15 heteroatoms. The Labute approximate surface area is 291 Å². The smallest absolute Gasteiger partial charge is 0.411 e. The Bertz CT molecular complexity index is 1940. The third-order valence-electron chi connectivity index (χ3n) is 8.04. The van der Waals surface area contributed by atoms with Crippen molar-refractivity contribution < 1.29 is 51.9 Å². The van der Waals surface area contributed by atoms with E-state index < -0.39 is 41.6 Å². The summed E-state index contributed by atoms with van der Waals surface area (Å²) < 4.78 is 63.1. The molecule has 4 aromatic rings. The quantitative estimate of drug-likeness (QED) is 0.172. The molecule has 0 radical (unpaired) electrons. The molecule has 0 bridgehead atoms. The second-order valence-electron chi connectivity index (χ2n) is 11.4. The summed E-state index contributed by atoms with van der Waals surface area (Å²) in [5, 5.41) is 2.54. The molecule has 0 saturated carbocycles. The zero-order chi connectivity index (χ0) is 36.2. The third kappa shape index (κ3) is 6.85. The molecule has 0 fully saturated rings. The minimum atomic E-state index is -2.35. The number of ether oxygens (including phenoxy) is 7. The van der Waals surface area contributed by atoms with Crippen LogP contribution in [0.15, 0.2) is 54.1 Å². The molecule has 0 saturated heterocycles. The van der Waals surface area contributed by atoms with Crippen molar-refractivity contribution >= 4 is 46.4 Å². The van der Waals surface area contributed by atoms with Gasteiger partial charge in [-0.2, -0.15) is 8.75 Å². The number of hydrogen-bond acceptors (Lipinski definition) is 13. The molecule has 1 aromatic heterocycles. The van der Waals surface area contributed by atoms with Gasteiger partial charge in [0, 0.05) is 17.6 Å². The number of carbonyl (C=O) groups excluding carboxylic acids is 3. The number of fused-ring (bicyclic) bond motifs is 1. The minimum Gasteiger partial charge on any atom is -0.494 e. The van der Waals surface area contributed by atoms with E-state index in [1.807, 2.05) is 0 Å². The van der Waals surface area contributed by atoms with Crippen LogP contribution in [0.1, 0.15) is 37.5 Å². The van der Waals surface area contributed by atoms with Crippen molar-refractivity contribution in [3.63, 3.8) is 0 Å². The number of aromatic nitrogens is 2. The van der Waals surface area contributed by atoms with Gasteiger partial charge in [-0.25, -0.2) is 18.8 Å². The van der Waals surface area contributed by atoms with Crippen LogP contribution in [0.25, 0.3) is 16.6 Å². The highest BCUT2D eigenvalue weighted by Crippen LogP contribution is 2.49. The highest BCUT2D eigenvalue weighted by Gasteiger charge is 2.53. The number of nitrogens with zero attached hydrogens (tertiary/aromatic N) is 2. The Kier molecular flexibility index (Phi) is 10.7. The van der Waals surface area contributed by atoms with E-state index >= 15 is 4.39 Å². The number of methoxy groups -OCH3 is 4. The van der Waals surface area contributed by atoms with E-state index in [1.54, 1.807) is 51.1 Å². The zero-order valence-electron chi connectivity index (χ0n) is 28.5. The van der Waals surface area contributed by atoms with E-state index in [9.17, 15) is 14.4 Å². The van der Waals surface area contributed by atoms with Gasteiger partial charge in [-0.15, -0.1) is 0 Å². The number of cyclic esters (lactones) is 1. The number of carbonyl (C=O) groups is 3. The maximum Gasteiger partial charge on any atom is 0.411 e. The van der Waals surface area contributed by atoms with Gasteiger partial charge >= 0.3 is 23.8 Å². The molecule has 264 valence electrons. The van der Waals surface area contributed by atoms with Gasteiger partial charge < -0.3 is 38.5 Å². The molecule has 50 heavy (non-hydrogen) atoms. The van der Waals surface area contributed by atoms with Crippen molar-refractivity contribution in [1.82, 2.24) is 14.1 Å². The minimum absolute atomic E-state index is 0.0310. The van der Waals surface area contributed by atoms with Crippen LogP contribution in [-0.2, 0) is 36.0 Å². The summed E-state index contributed by atoms with van der Waals surface area (Å²) in [4.78, 5) is 40.7. The van der Waals surface area contributed by atoms with Crippen molar-refractivity contribution in [1.29, 1.82) is 0 Å². The molecule has 2 unspecified atom stereocenters. The van der Waals surface area contributed by atoms with E-state index in [2.05, 4.69) is 14.1 Å². The molecule has 1 N–H and O–H groups in total. The van der Waals surface area contributed by atoms with Gasteiger partial charge in [0.2, 0.25) is 5.75 Å². The summed E-state index contributed by atoms with van der Waals surface area (Å²) in [7, 11) is 5.67. The summed E-state index contributed by atoms with van der Waals surface area (Å²) in [5.41, 5.74) is 2.13. The van der Waals surface area contributed by atoms with E-state index in [-0.39, 0.29) is 35.5 Å². The van der Waals surface area contributed by atoms with Crippen molar-refractivity contribution in [2.24, 2.45) is 5.92 Å². The normalized spacial score (nSPS) is 16.2. The number of hydrogen-bond donors (Lipinski definition) is 1. The van der Waals surface area contributed by atoms with Crippen LogP contribution in [0.5, 0.6) is 23.0 Å². The molecule has 13 nitrogen and oxygen atoms in total. The average Bonchev–Trinajstić information content (AvgIpc) is 3.68. The van der Waals surface area contributed by atoms with Crippen LogP contribution in [0.2, 0.25) is 0 Å². The second kappa shape index (κ2) is 15.0. The lowest BCUT2D eigenvalue weighted by atomic mass is 9.87. The van der Waals surface area contributed by atoms with E-state index in [0.717, 1.165) is 17.8 Å². The molecule has 1 aliphatic heterocycles. The molecule has 1 amide bonds. The van der Waals surface area contributed by atoms with Gasteiger partial charge in [0.05, 0.1) is 52.3 Å². The van der Waals surface area contributed by atoms with Crippen LogP contribution in [0, 0.1) is 11.7 Å². The average molecular weight is 710 g/mol. The van der Waals surface area contributed by atoms with Gasteiger partial charge in [0.25, 0.3) is 0 Å². The Balaban J connectivity index is 1.76. The van der Waals surface area contributed by atoms with Crippen LogP contribution in [0.3, 0.4) is 0 Å². The summed E-state index contributed by atoms with van der Waals surface area (Å²) in [6.07, 6.45) is -1.25. The van der Waals surface area contributed by atoms with Crippen LogP contribution in [0.4, 0.5) is 9.18 Å². The zero-order valence-corrected chi connectivity index (χ0v) is 29.3. The van der Waals surface area contributed by atoms with Gasteiger partial charge in [0.1, 0.15) is 17.1 Å². The number of esters is 2. The van der Waals surface area contributed by atoms with Crippen LogP contribution in [-0.4, -0.2) is 67.9 Å². The van der Waals surface area contributed by atoms with E-state index in [1.165, 1.54) is 40.6 Å². The summed E-state index contributed by atoms with van der Waals surface area (Å²) in [5.74, 6) is -4.28. The molecule has 0 aliphatic carbocycles. The molecular weight excluding hydrogens is 673 g/mol. The second-order valence-corrected chi connectivity index (χ2v) is 11.9. The maximum absolute atomic E-state index is 15.4. The molecule has 5 rings (SSSR count). The highest BCUT2D eigenvalue weighted by atomic mass is 32.1. The Morgan fingerprint density at radius 2 is 1.60 bits per heavy atom. The van der Waals surface area contributed by atoms with E-state index in [4.69, 9.17) is 33.2 Å². The third-order valence-corrected chi connectivity index (χ3v) is 8.59. The first kappa shape index (κ1) is 35.9. The first-order valence-electron chi connectivity index (χ1n) is 15.5. The lowest BCUT2D eigenvalue weighted by molar-refractivity contribution is -0.186. The lowest BCUT2D eigenvalue weighted by Gasteiger charge is -2.32. The van der Waals surface area contributed by atoms with Crippen molar-refractivity contribution in [2.45, 2.75) is 39.0 Å². The molecule has 0 spiro atoms. The fraction of sp³-hybridized carbons (Fsp3) is 0.343. The van der Waals surface area contributed by atoms with Gasteiger partial charge in [-0.3, -0.25) is 0 Å². The van der Waals surface area contributed by atoms with Gasteiger partial charge in [0.15, 0.2) is 23.1 Å². The standard InChI is InChI=1S/C35H36FN3O10S/c1-8-47-33(41)30(18(2)3)37-34(42)49-35(21-10-12-26(43-4)23(36)17-21)22(13-19-14-27(44-5)31(46-7)28(15-19)45-6)29(32(40)48-35)20-9-11-24-25(16-20)39-50-38-24/h9-12,14-18,30H,8,13H2,1-7H3,(H,37,42). The summed E-state index contributed by atoms with van der Waals surface area (Å²) in [6.45, 7) is 5.14. The Morgan fingerprint density at radius 1 is 0.920 bits per heavy atom. The highest BCUT2D eigenvalue weighted by molar-refractivity contribution is 7.00. The Morgan fingerprint density at radius 3 is 2.20 bits per heavy atom. The SMILES string of the molecule is CCOC(=O)C(NC(=O)OC1(c2ccc(OC)c(F)c2)OC(=O)C(c2ccc3nsnc3c2)=C1Cc1cc(OC)c(OC)c(OC)c1)C(C)C. The fourth-order valence-corrected chi connectivity index (χ4v) is 6.19. The fourth-order valence-electron chi connectivity index (χ4n) is 5.67. The number of rotatable bonds is 13. The summed E-state index contributed by atoms with van der Waals surface area (Å²) in [6, 6.07) is 11.0. The van der Waals surface area contributed by atoms with Gasteiger partial charge in [-0.1, -0.05) is 19.9 Å². The number of nitrogens with one attached hydrogen (secondary N) is 1. The number of amides is 1. The van der Waals surface area contributed by atoms with Crippen molar-refractivity contribution in [3.05, 3.63) is 76.6 Å². The predicted molar refractivity (Wildman–Crippen MR) is 180 cm³/mol. The van der Waals surface area contributed by atoms with Gasteiger partial charge in [-0.05, 0) is 66.4 Å². The van der Waals surface area contributed by atoms with Crippen molar-refractivity contribution in [2.75, 3.05) is 35.0 Å². The molecule has 2 heterocycles. The number of alkyl carbamates (subject to hydrolysis) is 1. The number of benzene rings is 3. The monoisotopic (exact) mass is 709 g/mol. The molecule has 3 aromatic carbocycles. The number of halogens is 1. The summed E-state index contributed by atoms with van der Waals surface area (Å²) >= 11 is 1.00. The van der Waals surface area contributed by atoms with Crippen molar-refractivity contribution in [3.8, 4) is 23.0 Å².